The first-order valence-electron chi connectivity index (χ1n) is 10.4. The van der Waals surface area contributed by atoms with E-state index in [1.807, 2.05) is 58.0 Å². The average Bonchev–Trinajstić information content (AvgIpc) is 3.08. The molecule has 2 N–H and O–H groups in total. The van der Waals surface area contributed by atoms with Crippen molar-refractivity contribution in [1.29, 1.82) is 0 Å². The van der Waals surface area contributed by atoms with Gasteiger partial charge >= 0.3 is 0 Å². The van der Waals surface area contributed by atoms with E-state index in [1.165, 1.54) is 0 Å². The van der Waals surface area contributed by atoms with E-state index in [0.29, 0.717) is 23.6 Å². The van der Waals surface area contributed by atoms with E-state index >= 15 is 0 Å². The summed E-state index contributed by atoms with van der Waals surface area (Å²) in [6.45, 7) is 7.62. The van der Waals surface area contributed by atoms with Gasteiger partial charge < -0.3 is 9.73 Å². The Morgan fingerprint density at radius 1 is 1.06 bits per heavy atom. The minimum Gasteiger partial charge on any atom is -0.455 e. The quantitative estimate of drug-likeness (QED) is 0.625. The molecule has 0 saturated heterocycles. The normalized spacial score (nSPS) is 15.0. The third kappa shape index (κ3) is 4.35. The van der Waals surface area contributed by atoms with Crippen LogP contribution in [0, 0.1) is 6.92 Å². The van der Waals surface area contributed by atoms with Crippen molar-refractivity contribution in [3.63, 3.8) is 0 Å². The van der Waals surface area contributed by atoms with E-state index in [9.17, 15) is 9.59 Å². The lowest BCUT2D eigenvalue weighted by atomic mass is 9.93. The monoisotopic (exact) mass is 418 g/mol. The first-order chi connectivity index (χ1) is 14.7. The van der Waals surface area contributed by atoms with Gasteiger partial charge in [0.2, 0.25) is 0 Å². The largest absolute Gasteiger partial charge is 0.455 e. The van der Waals surface area contributed by atoms with Crippen molar-refractivity contribution in [3.05, 3.63) is 64.7 Å². The summed E-state index contributed by atoms with van der Waals surface area (Å²) in [5.74, 6) is 0.414. The Morgan fingerprint density at radius 3 is 2.61 bits per heavy atom. The Labute approximate surface area is 180 Å². The molecule has 7 heteroatoms. The van der Waals surface area contributed by atoms with Crippen LogP contribution < -0.4 is 10.7 Å². The number of aryl methyl sites for hydroxylation is 1. The summed E-state index contributed by atoms with van der Waals surface area (Å²) in [4.78, 5) is 29.7. The molecule has 4 rings (SSSR count). The number of amides is 2. The summed E-state index contributed by atoms with van der Waals surface area (Å²) in [5.41, 5.74) is 5.58. The molecule has 3 aromatic rings. The number of pyridine rings is 1. The predicted octanol–water partition coefficient (Wildman–Crippen LogP) is 4.13. The standard InChI is InChI=1S/C24H26N4O3/c1-14-20-17(10-7-11-19(20)31-21(14)23(30)26-24(2,3)4)27-28-22(29)18-13-12-15-8-5-6-9-16(15)25-18/h5-6,8-9,12-13H,7,10-11H2,1-4H3,(H,26,30)(H,28,29)/b27-17+. The molecule has 31 heavy (non-hydrogen) atoms. The van der Waals surface area contributed by atoms with Gasteiger partial charge in [0, 0.05) is 28.5 Å². The van der Waals surface area contributed by atoms with E-state index in [1.54, 1.807) is 6.07 Å². The molecule has 0 unspecified atom stereocenters. The van der Waals surface area contributed by atoms with Gasteiger partial charge in [-0.1, -0.05) is 24.3 Å². The molecular formula is C24H26N4O3. The molecule has 2 heterocycles. The van der Waals surface area contributed by atoms with Gasteiger partial charge in [-0.2, -0.15) is 5.10 Å². The van der Waals surface area contributed by atoms with Crippen LogP contribution in [0.15, 0.2) is 45.9 Å². The molecular weight excluding hydrogens is 392 g/mol. The van der Waals surface area contributed by atoms with Crippen LogP contribution >= 0.6 is 0 Å². The van der Waals surface area contributed by atoms with Gasteiger partial charge in [-0.05, 0) is 52.7 Å². The highest BCUT2D eigenvalue weighted by Crippen LogP contribution is 2.30. The first kappa shape index (κ1) is 20.8. The van der Waals surface area contributed by atoms with Gasteiger partial charge in [-0.25, -0.2) is 10.4 Å². The Morgan fingerprint density at radius 2 is 1.84 bits per heavy atom. The second-order valence-corrected chi connectivity index (χ2v) is 8.80. The van der Waals surface area contributed by atoms with Crippen LogP contribution in [0.5, 0.6) is 0 Å². The zero-order chi connectivity index (χ0) is 22.2. The Balaban J connectivity index is 1.58. The van der Waals surface area contributed by atoms with Gasteiger partial charge in [-0.15, -0.1) is 0 Å². The zero-order valence-electron chi connectivity index (χ0n) is 18.2. The summed E-state index contributed by atoms with van der Waals surface area (Å²) in [6, 6.07) is 11.2. The summed E-state index contributed by atoms with van der Waals surface area (Å²) in [7, 11) is 0. The molecule has 0 atom stereocenters. The van der Waals surface area contributed by atoms with Crippen LogP contribution in [0.25, 0.3) is 10.9 Å². The number of aromatic nitrogens is 1. The number of hydrogen-bond acceptors (Lipinski definition) is 5. The van der Waals surface area contributed by atoms with Crippen molar-refractivity contribution in [3.8, 4) is 0 Å². The van der Waals surface area contributed by atoms with E-state index in [2.05, 4.69) is 20.8 Å². The van der Waals surface area contributed by atoms with Crippen molar-refractivity contribution in [2.45, 2.75) is 52.5 Å². The van der Waals surface area contributed by atoms with Crippen molar-refractivity contribution in [1.82, 2.24) is 15.7 Å². The number of benzene rings is 1. The van der Waals surface area contributed by atoms with Gasteiger partial charge in [0.15, 0.2) is 5.76 Å². The molecule has 0 bridgehead atoms. The number of nitrogens with zero attached hydrogens (tertiary/aromatic N) is 2. The molecule has 1 aromatic carbocycles. The maximum Gasteiger partial charge on any atom is 0.289 e. The summed E-state index contributed by atoms with van der Waals surface area (Å²) >= 11 is 0. The lowest BCUT2D eigenvalue weighted by Gasteiger charge is -2.19. The van der Waals surface area contributed by atoms with Crippen LogP contribution in [0.3, 0.4) is 0 Å². The third-order valence-electron chi connectivity index (χ3n) is 5.14. The first-order valence-corrected chi connectivity index (χ1v) is 10.4. The maximum absolute atomic E-state index is 12.6. The van der Waals surface area contributed by atoms with E-state index < -0.39 is 0 Å². The Bertz CT molecular complexity index is 1200. The number of hydrogen-bond donors (Lipinski definition) is 2. The Kier molecular flexibility index (Phi) is 5.35. The zero-order valence-corrected chi connectivity index (χ0v) is 18.2. The smallest absolute Gasteiger partial charge is 0.289 e. The van der Waals surface area contributed by atoms with Crippen molar-refractivity contribution < 1.29 is 14.0 Å². The lowest BCUT2D eigenvalue weighted by molar-refractivity contribution is 0.0887. The molecule has 2 aromatic heterocycles. The fraction of sp³-hybridized carbons (Fsp3) is 0.333. The highest BCUT2D eigenvalue weighted by Gasteiger charge is 2.29. The van der Waals surface area contributed by atoms with Gasteiger partial charge in [-0.3, -0.25) is 9.59 Å². The predicted molar refractivity (Wildman–Crippen MR) is 119 cm³/mol. The minimum absolute atomic E-state index is 0.247. The minimum atomic E-state index is -0.378. The summed E-state index contributed by atoms with van der Waals surface area (Å²) < 4.78 is 5.90. The molecule has 0 saturated carbocycles. The fourth-order valence-electron chi connectivity index (χ4n) is 3.76. The molecule has 0 fully saturated rings. The molecule has 0 spiro atoms. The van der Waals surface area contributed by atoms with Crippen molar-refractivity contribution >= 4 is 28.4 Å². The highest BCUT2D eigenvalue weighted by atomic mass is 16.4. The summed E-state index contributed by atoms with van der Waals surface area (Å²) in [5, 5.41) is 8.28. The van der Waals surface area contributed by atoms with Crippen molar-refractivity contribution in [2.24, 2.45) is 5.10 Å². The van der Waals surface area contributed by atoms with E-state index in [0.717, 1.165) is 40.6 Å². The van der Waals surface area contributed by atoms with E-state index in [-0.39, 0.29) is 17.4 Å². The Hall–Kier alpha value is -3.48. The lowest BCUT2D eigenvalue weighted by Crippen LogP contribution is -2.40. The topological polar surface area (TPSA) is 96.6 Å². The molecule has 160 valence electrons. The van der Waals surface area contributed by atoms with Crippen LogP contribution in [0.1, 0.15) is 71.5 Å². The van der Waals surface area contributed by atoms with E-state index in [4.69, 9.17) is 4.42 Å². The second kappa shape index (κ2) is 7.98. The number of para-hydroxylation sites is 1. The number of carbonyl (C=O) groups excluding carboxylic acids is 2. The van der Waals surface area contributed by atoms with Gasteiger partial charge in [0.1, 0.15) is 11.5 Å². The average molecular weight is 418 g/mol. The van der Waals surface area contributed by atoms with Gasteiger partial charge in [0.05, 0.1) is 11.2 Å². The molecule has 2 amide bonds. The summed E-state index contributed by atoms with van der Waals surface area (Å²) in [6.07, 6.45) is 2.26. The van der Waals surface area contributed by atoms with Crippen molar-refractivity contribution in [2.75, 3.05) is 0 Å². The second-order valence-electron chi connectivity index (χ2n) is 8.80. The highest BCUT2D eigenvalue weighted by molar-refractivity contribution is 6.07. The van der Waals surface area contributed by atoms with Crippen LogP contribution in [-0.2, 0) is 6.42 Å². The molecule has 0 radical (unpaired) electrons. The SMILES string of the molecule is Cc1c(C(=O)NC(C)(C)C)oc2c1/C(=N/NC(=O)c1ccc3ccccc3n1)CCC2. The number of furan rings is 1. The number of fused-ring (bicyclic) bond motifs is 2. The van der Waals surface area contributed by atoms with Gasteiger partial charge in [0.25, 0.3) is 11.8 Å². The fourth-order valence-corrected chi connectivity index (χ4v) is 3.76. The number of carbonyl (C=O) groups is 2. The number of rotatable bonds is 3. The molecule has 1 aliphatic rings. The van der Waals surface area contributed by atoms with Crippen LogP contribution in [-0.4, -0.2) is 28.0 Å². The van der Waals surface area contributed by atoms with Crippen LogP contribution in [0.2, 0.25) is 0 Å². The number of nitrogens with one attached hydrogen (secondary N) is 2. The molecule has 0 aliphatic heterocycles. The number of hydrazone groups is 1. The molecule has 7 nitrogen and oxygen atoms in total. The van der Waals surface area contributed by atoms with Crippen LogP contribution in [0.4, 0.5) is 0 Å². The maximum atomic E-state index is 12.6. The third-order valence-corrected chi connectivity index (χ3v) is 5.14. The molecule has 1 aliphatic carbocycles.